The first-order chi connectivity index (χ1) is 9.22. The van der Waals surface area contributed by atoms with E-state index in [2.05, 4.69) is 5.32 Å². The second kappa shape index (κ2) is 6.31. The summed E-state index contributed by atoms with van der Waals surface area (Å²) in [4.78, 5) is 22.3. The highest BCUT2D eigenvalue weighted by atomic mass is 19.1. The van der Waals surface area contributed by atoms with E-state index in [-0.39, 0.29) is 12.3 Å². The monoisotopic (exact) mass is 287 g/mol. The van der Waals surface area contributed by atoms with E-state index in [0.29, 0.717) is 6.07 Å². The number of aliphatic carboxylic acids is 1. The van der Waals surface area contributed by atoms with Gasteiger partial charge >= 0.3 is 5.97 Å². The van der Waals surface area contributed by atoms with Crippen molar-refractivity contribution in [2.45, 2.75) is 13.8 Å². The summed E-state index contributed by atoms with van der Waals surface area (Å²) in [6.07, 6.45) is 0. The minimum absolute atomic E-state index is 0.0869. The van der Waals surface area contributed by atoms with Crippen molar-refractivity contribution in [2.24, 2.45) is 5.41 Å². The Morgan fingerprint density at radius 2 is 2.00 bits per heavy atom. The van der Waals surface area contributed by atoms with E-state index in [9.17, 15) is 18.4 Å². The van der Waals surface area contributed by atoms with Gasteiger partial charge in [0.25, 0.3) is 5.91 Å². The molecule has 1 amide bonds. The zero-order valence-electron chi connectivity index (χ0n) is 11.1. The lowest BCUT2D eigenvalue weighted by Crippen LogP contribution is -2.40. The number of halogens is 2. The molecular weight excluding hydrogens is 272 g/mol. The lowest BCUT2D eigenvalue weighted by Gasteiger charge is -2.19. The fourth-order valence-electron chi connectivity index (χ4n) is 1.18. The highest BCUT2D eigenvalue weighted by molar-refractivity contribution is 5.79. The van der Waals surface area contributed by atoms with Crippen LogP contribution < -0.4 is 10.1 Å². The van der Waals surface area contributed by atoms with Gasteiger partial charge in [-0.2, -0.15) is 0 Å². The molecule has 0 aliphatic carbocycles. The molecule has 0 atom stereocenters. The van der Waals surface area contributed by atoms with Crippen LogP contribution in [0.1, 0.15) is 13.8 Å². The molecular formula is C13H15F2NO4. The topological polar surface area (TPSA) is 75.6 Å². The van der Waals surface area contributed by atoms with E-state index in [0.717, 1.165) is 12.1 Å². The fraction of sp³-hybridized carbons (Fsp3) is 0.385. The lowest BCUT2D eigenvalue weighted by molar-refractivity contribution is -0.146. The molecule has 5 nitrogen and oxygen atoms in total. The molecule has 0 heterocycles. The number of benzene rings is 1. The highest BCUT2D eigenvalue weighted by Gasteiger charge is 2.27. The number of carboxylic acids is 1. The number of carboxylic acid groups (broad SMARTS) is 1. The second-order valence-corrected chi connectivity index (χ2v) is 4.83. The normalized spacial score (nSPS) is 11.0. The number of hydrogen-bond donors (Lipinski definition) is 2. The molecule has 1 aromatic rings. The first kappa shape index (κ1) is 15.9. The van der Waals surface area contributed by atoms with Crippen LogP contribution in [0.2, 0.25) is 0 Å². The van der Waals surface area contributed by atoms with Crippen LogP contribution in [0.25, 0.3) is 0 Å². The van der Waals surface area contributed by atoms with E-state index in [1.54, 1.807) is 0 Å². The van der Waals surface area contributed by atoms with Crippen LogP contribution in [0.5, 0.6) is 5.75 Å². The minimum Gasteiger partial charge on any atom is -0.481 e. The van der Waals surface area contributed by atoms with Crippen LogP contribution in [0.15, 0.2) is 18.2 Å². The summed E-state index contributed by atoms with van der Waals surface area (Å²) in [5, 5.41) is 11.2. The molecule has 0 fully saturated rings. The Hall–Kier alpha value is -2.18. The van der Waals surface area contributed by atoms with E-state index >= 15 is 0 Å². The summed E-state index contributed by atoms with van der Waals surface area (Å²) in [6, 6.07) is 2.71. The van der Waals surface area contributed by atoms with Crippen molar-refractivity contribution in [3.8, 4) is 5.75 Å². The van der Waals surface area contributed by atoms with Gasteiger partial charge in [0.05, 0.1) is 5.41 Å². The molecule has 0 unspecified atom stereocenters. The SMILES string of the molecule is CC(C)(CNC(=O)COc1ccc(F)cc1F)C(=O)O. The fourth-order valence-corrected chi connectivity index (χ4v) is 1.18. The van der Waals surface area contributed by atoms with Gasteiger partial charge in [0, 0.05) is 12.6 Å². The minimum atomic E-state index is -1.11. The Morgan fingerprint density at radius 1 is 1.35 bits per heavy atom. The van der Waals surface area contributed by atoms with Crippen molar-refractivity contribution < 1.29 is 28.2 Å². The van der Waals surface area contributed by atoms with Crippen LogP contribution in [0.3, 0.4) is 0 Å². The van der Waals surface area contributed by atoms with Gasteiger partial charge in [-0.15, -0.1) is 0 Å². The van der Waals surface area contributed by atoms with Crippen molar-refractivity contribution in [1.82, 2.24) is 5.32 Å². The average Bonchev–Trinajstić information content (AvgIpc) is 2.35. The van der Waals surface area contributed by atoms with Gasteiger partial charge in [-0.1, -0.05) is 0 Å². The number of rotatable bonds is 6. The summed E-state index contributed by atoms with van der Waals surface area (Å²) in [5.41, 5.74) is -1.11. The number of ether oxygens (including phenoxy) is 1. The van der Waals surface area contributed by atoms with Crippen molar-refractivity contribution in [3.63, 3.8) is 0 Å². The van der Waals surface area contributed by atoms with Crippen molar-refractivity contribution in [2.75, 3.05) is 13.2 Å². The Kier molecular flexibility index (Phi) is 5.01. The lowest BCUT2D eigenvalue weighted by atomic mass is 9.94. The number of carbonyl (C=O) groups is 2. The molecule has 0 spiro atoms. The number of hydrogen-bond acceptors (Lipinski definition) is 3. The third-order valence-corrected chi connectivity index (χ3v) is 2.56. The molecule has 110 valence electrons. The quantitative estimate of drug-likeness (QED) is 0.832. The van der Waals surface area contributed by atoms with Crippen LogP contribution in [0.4, 0.5) is 8.78 Å². The first-order valence-electron chi connectivity index (χ1n) is 5.80. The van der Waals surface area contributed by atoms with Gasteiger partial charge in [0.1, 0.15) is 5.82 Å². The molecule has 1 aromatic carbocycles. The second-order valence-electron chi connectivity index (χ2n) is 4.83. The maximum atomic E-state index is 13.2. The van der Waals surface area contributed by atoms with Gasteiger partial charge in [-0.3, -0.25) is 9.59 Å². The molecule has 7 heteroatoms. The summed E-state index contributed by atoms with van der Waals surface area (Å²) in [7, 11) is 0. The van der Waals surface area contributed by atoms with Crippen molar-refractivity contribution >= 4 is 11.9 Å². The molecule has 0 saturated carbocycles. The highest BCUT2D eigenvalue weighted by Crippen LogP contribution is 2.17. The van der Waals surface area contributed by atoms with Crippen molar-refractivity contribution in [3.05, 3.63) is 29.8 Å². The van der Waals surface area contributed by atoms with Gasteiger partial charge in [-0.25, -0.2) is 8.78 Å². The summed E-state index contributed by atoms with van der Waals surface area (Å²) in [5.74, 6) is -3.56. The standard InChI is InChI=1S/C13H15F2NO4/c1-13(2,12(18)19)7-16-11(17)6-20-10-4-3-8(14)5-9(10)15/h3-5H,6-7H2,1-2H3,(H,16,17)(H,18,19). The molecule has 0 bridgehead atoms. The van der Waals surface area contributed by atoms with Crippen LogP contribution in [-0.4, -0.2) is 30.1 Å². The Labute approximate surface area is 114 Å². The predicted octanol–water partition coefficient (Wildman–Crippen LogP) is 1.57. The molecule has 0 radical (unpaired) electrons. The molecule has 2 N–H and O–H groups in total. The first-order valence-corrected chi connectivity index (χ1v) is 5.80. The van der Waals surface area contributed by atoms with Gasteiger partial charge in [-0.05, 0) is 26.0 Å². The van der Waals surface area contributed by atoms with Gasteiger partial charge in [0.15, 0.2) is 18.2 Å². The average molecular weight is 287 g/mol. The third-order valence-electron chi connectivity index (χ3n) is 2.56. The number of nitrogens with one attached hydrogen (secondary N) is 1. The molecule has 1 rings (SSSR count). The maximum Gasteiger partial charge on any atom is 0.310 e. The van der Waals surface area contributed by atoms with Gasteiger partial charge < -0.3 is 15.2 Å². The van der Waals surface area contributed by atoms with Crippen molar-refractivity contribution in [1.29, 1.82) is 0 Å². The molecule has 0 saturated heterocycles. The smallest absolute Gasteiger partial charge is 0.310 e. The largest absolute Gasteiger partial charge is 0.481 e. The molecule has 20 heavy (non-hydrogen) atoms. The van der Waals surface area contributed by atoms with E-state index in [1.165, 1.54) is 13.8 Å². The number of carbonyl (C=O) groups excluding carboxylic acids is 1. The third kappa shape index (κ3) is 4.49. The molecule has 0 aromatic heterocycles. The van der Waals surface area contributed by atoms with Crippen LogP contribution in [0, 0.1) is 17.0 Å². The molecule has 0 aliphatic heterocycles. The Morgan fingerprint density at radius 3 is 2.55 bits per heavy atom. The zero-order valence-corrected chi connectivity index (χ0v) is 11.1. The summed E-state index contributed by atoms with van der Waals surface area (Å²) >= 11 is 0. The Bertz CT molecular complexity index is 517. The van der Waals surface area contributed by atoms with E-state index in [4.69, 9.17) is 9.84 Å². The number of amides is 1. The van der Waals surface area contributed by atoms with Gasteiger partial charge in [0.2, 0.25) is 0 Å². The van der Waals surface area contributed by atoms with Crippen LogP contribution >= 0.6 is 0 Å². The maximum absolute atomic E-state index is 13.2. The summed E-state index contributed by atoms with van der Waals surface area (Å²) in [6.45, 7) is 2.33. The molecule has 0 aliphatic rings. The van der Waals surface area contributed by atoms with E-state index in [1.807, 2.05) is 0 Å². The Balaban J connectivity index is 2.46. The summed E-state index contributed by atoms with van der Waals surface area (Å²) < 4.78 is 30.7. The van der Waals surface area contributed by atoms with E-state index < -0.39 is 35.5 Å². The zero-order chi connectivity index (χ0) is 15.3. The van der Waals surface area contributed by atoms with Crippen LogP contribution in [-0.2, 0) is 9.59 Å². The predicted molar refractivity (Wildman–Crippen MR) is 66.3 cm³/mol.